The Balaban J connectivity index is 0.000000268. The zero-order valence-electron chi connectivity index (χ0n) is 23.0. The quantitative estimate of drug-likeness (QED) is 0.313. The Bertz CT molecular complexity index is 1280. The molecule has 0 aliphatic rings. The van der Waals surface area contributed by atoms with Crippen molar-refractivity contribution in [2.75, 3.05) is 13.2 Å². The number of halogens is 1. The van der Waals surface area contributed by atoms with Crippen molar-refractivity contribution in [3.05, 3.63) is 120 Å². The molecule has 0 bridgehead atoms. The molecule has 0 heterocycles. The Hall–Kier alpha value is -4.25. The molecule has 0 unspecified atom stereocenters. The molecular formula is C34H36FO4-. The van der Waals surface area contributed by atoms with Crippen LogP contribution in [0.25, 0.3) is 22.3 Å². The molecule has 0 aromatic heterocycles. The van der Waals surface area contributed by atoms with Crippen molar-refractivity contribution < 1.29 is 23.8 Å². The smallest absolute Gasteiger partial charge is 0.315 e. The van der Waals surface area contributed by atoms with Crippen LogP contribution in [0.15, 0.2) is 109 Å². The van der Waals surface area contributed by atoms with Crippen LogP contribution in [-0.2, 0) is 30.9 Å². The van der Waals surface area contributed by atoms with E-state index >= 15 is 0 Å². The number of esters is 2. The molecule has 204 valence electrons. The fraction of sp³-hybridized carbons (Fsp3) is 0.235. The van der Waals surface area contributed by atoms with Gasteiger partial charge in [0.15, 0.2) is 0 Å². The van der Waals surface area contributed by atoms with E-state index in [1.54, 1.807) is 0 Å². The van der Waals surface area contributed by atoms with E-state index in [-0.39, 0.29) is 16.6 Å². The zero-order chi connectivity index (χ0) is 27.4. The van der Waals surface area contributed by atoms with Gasteiger partial charge in [0, 0.05) is 0 Å². The van der Waals surface area contributed by atoms with Gasteiger partial charge in [0.05, 0.1) is 25.0 Å². The Labute approximate surface area is 231 Å². The number of benzene rings is 4. The number of carbonyl (C=O) groups is 2. The molecule has 0 aliphatic heterocycles. The van der Waals surface area contributed by atoms with Gasteiger partial charge in [0.2, 0.25) is 0 Å². The zero-order valence-corrected chi connectivity index (χ0v) is 23.0. The van der Waals surface area contributed by atoms with Gasteiger partial charge in [-0.15, -0.1) is 0 Å². The van der Waals surface area contributed by atoms with Gasteiger partial charge in [-0.05, 0) is 61.1 Å². The highest BCUT2D eigenvalue weighted by Gasteiger charge is 2.31. The lowest BCUT2D eigenvalue weighted by Crippen LogP contribution is -3.00. The lowest BCUT2D eigenvalue weighted by molar-refractivity contribution is -0.148. The highest BCUT2D eigenvalue weighted by atomic mass is 19.0. The molecule has 0 radical (unpaired) electrons. The van der Waals surface area contributed by atoms with Crippen molar-refractivity contribution in [2.24, 2.45) is 0 Å². The van der Waals surface area contributed by atoms with E-state index in [4.69, 9.17) is 9.47 Å². The SMILES string of the molecule is CCOC(=O)C(C)(C)c1ccc(-c2ccccc2)cc1.CCOC(=O)Cc1ccc(-c2ccccc2)cc1.[F-]. The van der Waals surface area contributed by atoms with Crippen LogP contribution in [-0.4, -0.2) is 25.2 Å². The molecule has 4 aromatic rings. The minimum absolute atomic E-state index is 0. The van der Waals surface area contributed by atoms with Crippen LogP contribution < -0.4 is 4.70 Å². The summed E-state index contributed by atoms with van der Waals surface area (Å²) in [5.41, 5.74) is 5.99. The fourth-order valence-corrected chi connectivity index (χ4v) is 3.96. The Morgan fingerprint density at radius 2 is 1.00 bits per heavy atom. The van der Waals surface area contributed by atoms with Crippen LogP contribution in [0.4, 0.5) is 0 Å². The maximum absolute atomic E-state index is 12.0. The fourth-order valence-electron chi connectivity index (χ4n) is 3.96. The maximum Gasteiger partial charge on any atom is 0.315 e. The summed E-state index contributed by atoms with van der Waals surface area (Å²) >= 11 is 0. The van der Waals surface area contributed by atoms with Crippen molar-refractivity contribution >= 4 is 11.9 Å². The molecule has 4 aromatic carbocycles. The van der Waals surface area contributed by atoms with Crippen molar-refractivity contribution in [1.82, 2.24) is 0 Å². The number of hydrogen-bond donors (Lipinski definition) is 0. The molecule has 0 spiro atoms. The van der Waals surface area contributed by atoms with Gasteiger partial charge in [-0.25, -0.2) is 0 Å². The van der Waals surface area contributed by atoms with Crippen molar-refractivity contribution in [1.29, 1.82) is 0 Å². The molecule has 4 rings (SSSR count). The third-order valence-electron chi connectivity index (χ3n) is 6.21. The number of rotatable bonds is 8. The highest BCUT2D eigenvalue weighted by molar-refractivity contribution is 5.82. The van der Waals surface area contributed by atoms with Crippen molar-refractivity contribution in [2.45, 2.75) is 39.5 Å². The van der Waals surface area contributed by atoms with Gasteiger partial charge in [-0.1, -0.05) is 109 Å². The predicted molar refractivity (Wildman–Crippen MR) is 154 cm³/mol. The average Bonchev–Trinajstić information content (AvgIpc) is 2.95. The average molecular weight is 528 g/mol. The molecule has 0 atom stereocenters. The summed E-state index contributed by atoms with van der Waals surface area (Å²) in [6.45, 7) is 8.26. The summed E-state index contributed by atoms with van der Waals surface area (Å²) in [5, 5.41) is 0. The first-order valence-electron chi connectivity index (χ1n) is 13.0. The molecule has 5 heteroatoms. The monoisotopic (exact) mass is 527 g/mol. The van der Waals surface area contributed by atoms with E-state index in [2.05, 4.69) is 24.3 Å². The van der Waals surface area contributed by atoms with Gasteiger partial charge in [-0.3, -0.25) is 9.59 Å². The highest BCUT2D eigenvalue weighted by Crippen LogP contribution is 2.28. The molecular weight excluding hydrogens is 491 g/mol. The molecule has 0 fully saturated rings. The van der Waals surface area contributed by atoms with E-state index < -0.39 is 5.41 Å². The summed E-state index contributed by atoms with van der Waals surface area (Å²) in [4.78, 5) is 23.3. The summed E-state index contributed by atoms with van der Waals surface area (Å²) in [7, 11) is 0. The molecule has 0 aliphatic carbocycles. The first kappa shape index (κ1) is 31.0. The van der Waals surface area contributed by atoms with Gasteiger partial charge < -0.3 is 14.2 Å². The topological polar surface area (TPSA) is 52.6 Å². The molecule has 39 heavy (non-hydrogen) atoms. The largest absolute Gasteiger partial charge is 1.00 e. The minimum atomic E-state index is -0.620. The van der Waals surface area contributed by atoms with Gasteiger partial charge >= 0.3 is 11.9 Å². The maximum atomic E-state index is 12.0. The van der Waals surface area contributed by atoms with Crippen LogP contribution in [0, 0.1) is 0 Å². The normalized spacial score (nSPS) is 10.4. The van der Waals surface area contributed by atoms with Gasteiger partial charge in [-0.2, -0.15) is 0 Å². The molecule has 4 nitrogen and oxygen atoms in total. The van der Waals surface area contributed by atoms with Gasteiger partial charge in [0.1, 0.15) is 0 Å². The van der Waals surface area contributed by atoms with Crippen LogP contribution in [0.2, 0.25) is 0 Å². The van der Waals surface area contributed by atoms with Crippen LogP contribution >= 0.6 is 0 Å². The lowest BCUT2D eigenvalue weighted by Gasteiger charge is -2.23. The molecule has 0 saturated heterocycles. The van der Waals surface area contributed by atoms with Crippen molar-refractivity contribution in [3.8, 4) is 22.3 Å². The third kappa shape index (κ3) is 8.92. The summed E-state index contributed by atoms with van der Waals surface area (Å²) in [6, 6.07) is 36.5. The van der Waals surface area contributed by atoms with E-state index in [9.17, 15) is 9.59 Å². The van der Waals surface area contributed by atoms with E-state index in [0.29, 0.717) is 19.6 Å². The number of ether oxygens (including phenoxy) is 2. The summed E-state index contributed by atoms with van der Waals surface area (Å²) in [6.07, 6.45) is 0.336. The Morgan fingerprint density at radius 1 is 0.590 bits per heavy atom. The predicted octanol–water partition coefficient (Wildman–Crippen LogP) is 4.66. The summed E-state index contributed by atoms with van der Waals surface area (Å²) in [5.74, 6) is -0.363. The van der Waals surface area contributed by atoms with Gasteiger partial charge in [0.25, 0.3) is 0 Å². The first-order valence-corrected chi connectivity index (χ1v) is 13.0. The van der Waals surface area contributed by atoms with Crippen LogP contribution in [0.5, 0.6) is 0 Å². The van der Waals surface area contributed by atoms with E-state index in [1.807, 2.05) is 113 Å². The minimum Gasteiger partial charge on any atom is -1.00 e. The molecule has 0 saturated carbocycles. The van der Waals surface area contributed by atoms with Crippen molar-refractivity contribution in [3.63, 3.8) is 0 Å². The number of hydrogen-bond acceptors (Lipinski definition) is 4. The summed E-state index contributed by atoms with van der Waals surface area (Å²) < 4.78 is 10.1. The molecule has 0 amide bonds. The van der Waals surface area contributed by atoms with Crippen LogP contribution in [0.3, 0.4) is 0 Å². The first-order chi connectivity index (χ1) is 18.3. The third-order valence-corrected chi connectivity index (χ3v) is 6.21. The second kappa shape index (κ2) is 15.2. The number of carbonyl (C=O) groups excluding carboxylic acids is 2. The van der Waals surface area contributed by atoms with E-state index in [1.165, 1.54) is 11.1 Å². The lowest BCUT2D eigenvalue weighted by atomic mass is 9.84. The standard InChI is InChI=1S/C18H20O2.C16H16O2.FH/c1-4-20-17(19)18(2,3)16-12-10-15(11-13-16)14-8-6-5-7-9-14;1-2-18-16(17)12-13-8-10-15(11-9-13)14-6-4-3-5-7-14;/h5-13H,4H2,1-3H3;3-11H,2,12H2,1H3;1H/p-1. The Morgan fingerprint density at radius 3 is 1.44 bits per heavy atom. The molecule has 0 N–H and O–H groups in total. The van der Waals surface area contributed by atoms with E-state index in [0.717, 1.165) is 22.3 Å². The van der Waals surface area contributed by atoms with Crippen LogP contribution in [0.1, 0.15) is 38.8 Å². The Kier molecular flexibility index (Phi) is 12.1. The second-order valence-electron chi connectivity index (χ2n) is 9.33. The second-order valence-corrected chi connectivity index (χ2v) is 9.33.